The van der Waals surface area contributed by atoms with Crippen LogP contribution in [0.3, 0.4) is 0 Å². The first-order chi connectivity index (χ1) is 9.88. The van der Waals surface area contributed by atoms with Crippen LogP contribution in [-0.4, -0.2) is 12.9 Å². The standard InChI is InChI=1S/C16H17F2N3/c1-10-4-3-5-11(6-10)9-21(2)15-13(17)7-12(16(19)20)8-14(15)18/h3-8H,9H2,1-2H3,(H3,19,20). The Hall–Kier alpha value is -2.43. The van der Waals surface area contributed by atoms with Gasteiger partial charge in [0.2, 0.25) is 0 Å². The Bertz CT molecular complexity index is 660. The fraction of sp³-hybridized carbons (Fsp3) is 0.188. The number of nitrogens with one attached hydrogen (secondary N) is 1. The SMILES string of the molecule is Cc1cccc(CN(C)c2c(F)cc(C(=N)N)cc2F)c1. The molecule has 0 bridgehead atoms. The molecular weight excluding hydrogens is 272 g/mol. The zero-order chi connectivity index (χ0) is 15.6. The molecule has 0 atom stereocenters. The summed E-state index contributed by atoms with van der Waals surface area (Å²) in [7, 11) is 1.62. The summed E-state index contributed by atoms with van der Waals surface area (Å²) in [6, 6.07) is 9.90. The maximum absolute atomic E-state index is 14.1. The van der Waals surface area contributed by atoms with Crippen LogP contribution in [-0.2, 0) is 6.54 Å². The smallest absolute Gasteiger partial charge is 0.150 e. The van der Waals surface area contributed by atoms with Crippen LogP contribution in [0.25, 0.3) is 0 Å². The minimum absolute atomic E-state index is 0.0395. The number of hydrogen-bond acceptors (Lipinski definition) is 2. The lowest BCUT2D eigenvalue weighted by atomic mass is 10.1. The number of rotatable bonds is 4. The zero-order valence-corrected chi connectivity index (χ0v) is 12.0. The maximum Gasteiger partial charge on any atom is 0.150 e. The second kappa shape index (κ2) is 5.91. The van der Waals surface area contributed by atoms with Gasteiger partial charge in [0.1, 0.15) is 23.2 Å². The molecule has 0 radical (unpaired) electrons. The van der Waals surface area contributed by atoms with E-state index in [1.807, 2.05) is 31.2 Å². The van der Waals surface area contributed by atoms with Gasteiger partial charge in [0.25, 0.3) is 0 Å². The molecule has 0 saturated carbocycles. The van der Waals surface area contributed by atoms with Gasteiger partial charge >= 0.3 is 0 Å². The first-order valence-electron chi connectivity index (χ1n) is 6.48. The summed E-state index contributed by atoms with van der Waals surface area (Å²) in [5.41, 5.74) is 7.23. The van der Waals surface area contributed by atoms with E-state index >= 15 is 0 Å². The van der Waals surface area contributed by atoms with E-state index < -0.39 is 11.6 Å². The predicted octanol–water partition coefficient (Wildman–Crippen LogP) is 3.19. The molecule has 0 aliphatic carbocycles. The molecule has 0 heterocycles. The Morgan fingerprint density at radius 3 is 2.33 bits per heavy atom. The topological polar surface area (TPSA) is 53.1 Å². The van der Waals surface area contributed by atoms with Crippen molar-refractivity contribution in [3.05, 3.63) is 64.7 Å². The van der Waals surface area contributed by atoms with E-state index in [-0.39, 0.29) is 17.1 Å². The van der Waals surface area contributed by atoms with E-state index in [9.17, 15) is 8.78 Å². The predicted molar refractivity (Wildman–Crippen MR) is 80.7 cm³/mol. The Kier molecular flexibility index (Phi) is 4.21. The van der Waals surface area contributed by atoms with Gasteiger partial charge in [-0.3, -0.25) is 5.41 Å². The van der Waals surface area contributed by atoms with Crippen LogP contribution in [0.15, 0.2) is 36.4 Å². The quantitative estimate of drug-likeness (QED) is 0.671. The summed E-state index contributed by atoms with van der Waals surface area (Å²) < 4.78 is 28.1. The summed E-state index contributed by atoms with van der Waals surface area (Å²) in [6.45, 7) is 2.35. The third kappa shape index (κ3) is 3.37. The van der Waals surface area contributed by atoms with E-state index in [2.05, 4.69) is 0 Å². The molecule has 3 N–H and O–H groups in total. The molecule has 2 rings (SSSR count). The van der Waals surface area contributed by atoms with Crippen LogP contribution < -0.4 is 10.6 Å². The molecule has 2 aromatic rings. The normalized spacial score (nSPS) is 10.5. The minimum Gasteiger partial charge on any atom is -0.384 e. The second-order valence-electron chi connectivity index (χ2n) is 5.05. The molecule has 0 amide bonds. The van der Waals surface area contributed by atoms with Gasteiger partial charge in [-0.15, -0.1) is 0 Å². The molecule has 0 aliphatic heterocycles. The van der Waals surface area contributed by atoms with Gasteiger partial charge in [-0.05, 0) is 24.6 Å². The highest BCUT2D eigenvalue weighted by molar-refractivity contribution is 5.95. The highest BCUT2D eigenvalue weighted by Crippen LogP contribution is 2.25. The van der Waals surface area contributed by atoms with Gasteiger partial charge < -0.3 is 10.6 Å². The van der Waals surface area contributed by atoms with Crippen molar-refractivity contribution in [3.63, 3.8) is 0 Å². The third-order valence-corrected chi connectivity index (χ3v) is 3.21. The summed E-state index contributed by atoms with van der Waals surface area (Å²) in [6.07, 6.45) is 0. The van der Waals surface area contributed by atoms with Crippen molar-refractivity contribution in [1.82, 2.24) is 0 Å². The van der Waals surface area contributed by atoms with Crippen molar-refractivity contribution in [2.24, 2.45) is 5.73 Å². The Morgan fingerprint density at radius 1 is 1.19 bits per heavy atom. The van der Waals surface area contributed by atoms with Gasteiger partial charge in [-0.2, -0.15) is 0 Å². The van der Waals surface area contributed by atoms with Crippen molar-refractivity contribution in [2.75, 3.05) is 11.9 Å². The molecule has 0 aromatic heterocycles. The van der Waals surface area contributed by atoms with Crippen LogP contribution in [0.4, 0.5) is 14.5 Å². The fourth-order valence-electron chi connectivity index (χ4n) is 2.25. The number of benzene rings is 2. The van der Waals surface area contributed by atoms with Crippen LogP contribution >= 0.6 is 0 Å². The van der Waals surface area contributed by atoms with Crippen molar-refractivity contribution in [1.29, 1.82) is 5.41 Å². The number of anilines is 1. The molecule has 3 nitrogen and oxygen atoms in total. The summed E-state index contributed by atoms with van der Waals surface area (Å²) in [4.78, 5) is 1.50. The van der Waals surface area contributed by atoms with E-state index in [1.54, 1.807) is 7.05 Å². The lowest BCUT2D eigenvalue weighted by molar-refractivity contribution is 0.576. The van der Waals surface area contributed by atoms with Gasteiger partial charge in [-0.25, -0.2) is 8.78 Å². The molecule has 0 unspecified atom stereocenters. The molecule has 0 fully saturated rings. The van der Waals surface area contributed by atoms with Crippen LogP contribution in [0.2, 0.25) is 0 Å². The lowest BCUT2D eigenvalue weighted by Crippen LogP contribution is -2.20. The average Bonchev–Trinajstić information content (AvgIpc) is 2.37. The van der Waals surface area contributed by atoms with Crippen molar-refractivity contribution in [2.45, 2.75) is 13.5 Å². The number of nitrogen functional groups attached to an aromatic ring is 1. The van der Waals surface area contributed by atoms with E-state index in [4.69, 9.17) is 11.1 Å². The molecule has 2 aromatic carbocycles. The number of aryl methyl sites for hydroxylation is 1. The highest BCUT2D eigenvalue weighted by Gasteiger charge is 2.16. The van der Waals surface area contributed by atoms with Crippen LogP contribution in [0.5, 0.6) is 0 Å². The summed E-state index contributed by atoms with van der Waals surface area (Å²) in [5, 5.41) is 7.24. The summed E-state index contributed by atoms with van der Waals surface area (Å²) in [5.74, 6) is -1.81. The Morgan fingerprint density at radius 2 is 1.81 bits per heavy atom. The molecule has 0 aliphatic rings. The second-order valence-corrected chi connectivity index (χ2v) is 5.05. The first-order valence-corrected chi connectivity index (χ1v) is 6.48. The maximum atomic E-state index is 14.1. The van der Waals surface area contributed by atoms with Crippen molar-refractivity contribution < 1.29 is 8.78 Å². The monoisotopic (exact) mass is 289 g/mol. The Balaban J connectivity index is 2.31. The Labute approximate surface area is 122 Å². The zero-order valence-electron chi connectivity index (χ0n) is 12.0. The van der Waals surface area contributed by atoms with Gasteiger partial charge in [0.05, 0.1) is 0 Å². The number of hydrogen-bond donors (Lipinski definition) is 2. The average molecular weight is 289 g/mol. The van der Waals surface area contributed by atoms with Gasteiger partial charge in [0.15, 0.2) is 0 Å². The number of nitrogens with zero attached hydrogens (tertiary/aromatic N) is 1. The van der Waals surface area contributed by atoms with Crippen molar-refractivity contribution >= 4 is 11.5 Å². The van der Waals surface area contributed by atoms with Gasteiger partial charge in [0, 0.05) is 19.2 Å². The van der Waals surface area contributed by atoms with Crippen molar-refractivity contribution in [3.8, 4) is 0 Å². The van der Waals surface area contributed by atoms with Gasteiger partial charge in [-0.1, -0.05) is 29.8 Å². The summed E-state index contributed by atoms with van der Waals surface area (Å²) >= 11 is 0. The molecule has 5 heteroatoms. The van der Waals surface area contributed by atoms with Crippen LogP contribution in [0.1, 0.15) is 16.7 Å². The molecular formula is C16H17F2N3. The molecule has 0 spiro atoms. The van der Waals surface area contributed by atoms with E-state index in [0.29, 0.717) is 6.54 Å². The molecule has 21 heavy (non-hydrogen) atoms. The fourth-order valence-corrected chi connectivity index (χ4v) is 2.25. The molecule has 110 valence electrons. The first kappa shape index (κ1) is 15.0. The highest BCUT2D eigenvalue weighted by atomic mass is 19.1. The minimum atomic E-state index is -0.727. The number of nitrogens with two attached hydrogens (primary N) is 1. The number of halogens is 2. The third-order valence-electron chi connectivity index (χ3n) is 3.21. The lowest BCUT2D eigenvalue weighted by Gasteiger charge is -2.21. The van der Waals surface area contributed by atoms with E-state index in [0.717, 1.165) is 23.3 Å². The number of amidine groups is 1. The largest absolute Gasteiger partial charge is 0.384 e. The molecule has 0 saturated heterocycles. The van der Waals surface area contributed by atoms with Crippen LogP contribution in [0, 0.1) is 24.0 Å². The van der Waals surface area contributed by atoms with E-state index in [1.165, 1.54) is 4.90 Å².